The fourth-order valence-electron chi connectivity index (χ4n) is 3.04. The number of fused-ring (bicyclic) bond motifs is 1. The van der Waals surface area contributed by atoms with Gasteiger partial charge in [0.1, 0.15) is 6.29 Å². The molecule has 0 N–H and O–H groups in total. The van der Waals surface area contributed by atoms with Gasteiger partial charge in [0.05, 0.1) is 0 Å². The predicted octanol–water partition coefficient (Wildman–Crippen LogP) is 3.70. The van der Waals surface area contributed by atoms with Crippen LogP contribution in [-0.4, -0.2) is 6.29 Å². The second-order valence-corrected chi connectivity index (χ2v) is 4.92. The van der Waals surface area contributed by atoms with E-state index in [0.717, 1.165) is 24.7 Å². The third-order valence-corrected chi connectivity index (χ3v) is 3.94. The average Bonchev–Trinajstić information content (AvgIpc) is 2.85. The molecule has 2 aromatic carbocycles. The van der Waals surface area contributed by atoms with Crippen molar-refractivity contribution in [2.45, 2.75) is 24.7 Å². The largest absolute Gasteiger partial charge is 0.303 e. The van der Waals surface area contributed by atoms with E-state index in [2.05, 4.69) is 36.4 Å². The molecule has 2 aromatic rings. The fourth-order valence-corrected chi connectivity index (χ4v) is 3.04. The fraction of sp³-hybridized carbons (Fsp3) is 0.235. The molecular formula is C17H16O. The molecule has 90 valence electrons. The molecule has 0 unspecified atom stereocenters. The van der Waals surface area contributed by atoms with Gasteiger partial charge in [-0.2, -0.15) is 0 Å². The molecule has 0 amide bonds. The van der Waals surface area contributed by atoms with Crippen molar-refractivity contribution in [3.05, 3.63) is 71.3 Å². The lowest BCUT2D eigenvalue weighted by Gasteiger charge is -2.19. The van der Waals surface area contributed by atoms with Gasteiger partial charge >= 0.3 is 0 Å². The van der Waals surface area contributed by atoms with E-state index in [9.17, 15) is 4.79 Å². The molecule has 0 spiro atoms. The zero-order valence-electron chi connectivity index (χ0n) is 10.3. The Morgan fingerprint density at radius 1 is 1.00 bits per heavy atom. The van der Waals surface area contributed by atoms with Crippen LogP contribution in [0.2, 0.25) is 0 Å². The summed E-state index contributed by atoms with van der Waals surface area (Å²) in [7, 11) is 0. The highest BCUT2D eigenvalue weighted by atomic mass is 16.1. The lowest BCUT2D eigenvalue weighted by molar-refractivity contribution is -0.109. The summed E-state index contributed by atoms with van der Waals surface area (Å²) >= 11 is 0. The molecule has 0 aliphatic heterocycles. The van der Waals surface area contributed by atoms with E-state index in [1.54, 1.807) is 0 Å². The van der Waals surface area contributed by atoms with E-state index in [1.807, 2.05) is 18.2 Å². The molecule has 0 saturated heterocycles. The highest BCUT2D eigenvalue weighted by molar-refractivity contribution is 5.65. The third kappa shape index (κ3) is 1.86. The zero-order chi connectivity index (χ0) is 12.4. The number of benzene rings is 2. The third-order valence-electron chi connectivity index (χ3n) is 3.94. The lowest BCUT2D eigenvalue weighted by atomic mass is 9.83. The summed E-state index contributed by atoms with van der Waals surface area (Å²) in [6.45, 7) is 0. The first-order valence-corrected chi connectivity index (χ1v) is 6.48. The van der Waals surface area contributed by atoms with Gasteiger partial charge in [0, 0.05) is 5.92 Å². The summed E-state index contributed by atoms with van der Waals surface area (Å²) in [6, 6.07) is 18.6. The molecule has 1 nitrogen and oxygen atoms in total. The molecule has 0 bridgehead atoms. The molecule has 0 heterocycles. The summed E-state index contributed by atoms with van der Waals surface area (Å²) < 4.78 is 0. The van der Waals surface area contributed by atoms with Crippen molar-refractivity contribution < 1.29 is 4.79 Å². The monoisotopic (exact) mass is 236 g/mol. The molecule has 18 heavy (non-hydrogen) atoms. The molecular weight excluding hydrogens is 220 g/mol. The standard InChI is InChI=1S/C17H16O/c18-12-17(13-6-2-1-3-7-13)16-11-10-14-8-4-5-9-15(14)16/h1-9,12,16-17H,10-11H2/t16-,17-/m0/s1. The van der Waals surface area contributed by atoms with E-state index in [0.29, 0.717) is 5.92 Å². The average molecular weight is 236 g/mol. The molecule has 0 aromatic heterocycles. The number of hydrogen-bond acceptors (Lipinski definition) is 1. The van der Waals surface area contributed by atoms with Gasteiger partial charge < -0.3 is 4.79 Å². The zero-order valence-corrected chi connectivity index (χ0v) is 10.3. The van der Waals surface area contributed by atoms with Crippen LogP contribution >= 0.6 is 0 Å². The van der Waals surface area contributed by atoms with Crippen LogP contribution in [0.5, 0.6) is 0 Å². The Kier molecular flexibility index (Phi) is 2.97. The van der Waals surface area contributed by atoms with Crippen LogP contribution in [0, 0.1) is 0 Å². The maximum Gasteiger partial charge on any atom is 0.128 e. The number of carbonyl (C=O) groups is 1. The first-order valence-electron chi connectivity index (χ1n) is 6.48. The first-order chi connectivity index (χ1) is 8.90. The first kappa shape index (κ1) is 11.2. The van der Waals surface area contributed by atoms with E-state index in [1.165, 1.54) is 11.1 Å². The molecule has 3 rings (SSSR count). The highest BCUT2D eigenvalue weighted by Gasteiger charge is 2.30. The Morgan fingerprint density at radius 2 is 1.72 bits per heavy atom. The second-order valence-electron chi connectivity index (χ2n) is 4.92. The van der Waals surface area contributed by atoms with Crippen LogP contribution in [0.1, 0.15) is 34.9 Å². The van der Waals surface area contributed by atoms with Crippen molar-refractivity contribution in [3.63, 3.8) is 0 Å². The lowest BCUT2D eigenvalue weighted by Crippen LogP contribution is -2.10. The van der Waals surface area contributed by atoms with Crippen LogP contribution in [0.25, 0.3) is 0 Å². The summed E-state index contributed by atoms with van der Waals surface area (Å²) in [6.07, 6.45) is 3.29. The van der Waals surface area contributed by atoms with E-state index < -0.39 is 0 Å². The Labute approximate surface area is 107 Å². The van der Waals surface area contributed by atoms with Crippen LogP contribution in [-0.2, 0) is 11.2 Å². The molecule has 2 atom stereocenters. The quantitative estimate of drug-likeness (QED) is 0.743. The van der Waals surface area contributed by atoms with Crippen molar-refractivity contribution in [1.82, 2.24) is 0 Å². The van der Waals surface area contributed by atoms with Gasteiger partial charge in [0.25, 0.3) is 0 Å². The number of rotatable bonds is 3. The normalized spacial score (nSPS) is 19.2. The minimum absolute atomic E-state index is 0.00477. The molecule has 1 heteroatoms. The van der Waals surface area contributed by atoms with Crippen molar-refractivity contribution in [3.8, 4) is 0 Å². The van der Waals surface area contributed by atoms with Crippen molar-refractivity contribution in [1.29, 1.82) is 0 Å². The van der Waals surface area contributed by atoms with Gasteiger partial charge in [-0.15, -0.1) is 0 Å². The molecule has 0 saturated carbocycles. The number of aryl methyl sites for hydroxylation is 1. The van der Waals surface area contributed by atoms with Crippen LogP contribution in [0.3, 0.4) is 0 Å². The smallest absolute Gasteiger partial charge is 0.128 e. The Bertz CT molecular complexity index is 545. The van der Waals surface area contributed by atoms with Gasteiger partial charge in [-0.1, -0.05) is 54.6 Å². The Morgan fingerprint density at radius 3 is 2.50 bits per heavy atom. The van der Waals surface area contributed by atoms with E-state index in [-0.39, 0.29) is 5.92 Å². The predicted molar refractivity (Wildman–Crippen MR) is 72.8 cm³/mol. The van der Waals surface area contributed by atoms with E-state index >= 15 is 0 Å². The molecule has 0 fully saturated rings. The van der Waals surface area contributed by atoms with Crippen molar-refractivity contribution in [2.24, 2.45) is 0 Å². The van der Waals surface area contributed by atoms with Gasteiger partial charge in [0.2, 0.25) is 0 Å². The van der Waals surface area contributed by atoms with Gasteiger partial charge in [-0.25, -0.2) is 0 Å². The van der Waals surface area contributed by atoms with Crippen molar-refractivity contribution in [2.75, 3.05) is 0 Å². The SMILES string of the molecule is O=C[C@@H](c1ccccc1)[C@H]1CCc2ccccc21. The minimum Gasteiger partial charge on any atom is -0.303 e. The summed E-state index contributed by atoms with van der Waals surface area (Å²) in [5, 5.41) is 0. The maximum atomic E-state index is 11.5. The topological polar surface area (TPSA) is 17.1 Å². The summed E-state index contributed by atoms with van der Waals surface area (Å²) in [5.41, 5.74) is 3.90. The minimum atomic E-state index is -0.00477. The number of hydrogen-bond donors (Lipinski definition) is 0. The van der Waals surface area contributed by atoms with E-state index in [4.69, 9.17) is 0 Å². The van der Waals surface area contributed by atoms with Crippen molar-refractivity contribution >= 4 is 6.29 Å². The van der Waals surface area contributed by atoms with Gasteiger partial charge in [-0.05, 0) is 35.4 Å². The van der Waals surface area contributed by atoms with Gasteiger partial charge in [-0.3, -0.25) is 0 Å². The second kappa shape index (κ2) is 4.77. The molecule has 1 aliphatic rings. The number of aldehydes is 1. The van der Waals surface area contributed by atoms with Crippen LogP contribution < -0.4 is 0 Å². The Hall–Kier alpha value is -1.89. The molecule has 1 aliphatic carbocycles. The Balaban J connectivity index is 1.98. The summed E-state index contributed by atoms with van der Waals surface area (Å²) in [4.78, 5) is 11.5. The van der Waals surface area contributed by atoms with Crippen LogP contribution in [0.4, 0.5) is 0 Å². The van der Waals surface area contributed by atoms with Gasteiger partial charge in [0.15, 0.2) is 0 Å². The highest BCUT2D eigenvalue weighted by Crippen LogP contribution is 2.41. The summed E-state index contributed by atoms with van der Waals surface area (Å²) in [5.74, 6) is 0.343. The molecule has 0 radical (unpaired) electrons. The maximum absolute atomic E-state index is 11.5. The van der Waals surface area contributed by atoms with Crippen LogP contribution in [0.15, 0.2) is 54.6 Å². The number of carbonyl (C=O) groups excluding carboxylic acids is 1.